The van der Waals surface area contributed by atoms with Crippen LogP contribution in [0.15, 0.2) is 148 Å². The molecule has 0 heterocycles. The van der Waals surface area contributed by atoms with Gasteiger partial charge < -0.3 is 14.2 Å². The minimum Gasteiger partial charge on any atom is -0.379 e. The molecule has 0 N–H and O–H groups in total. The summed E-state index contributed by atoms with van der Waals surface area (Å²) in [4.78, 5) is 0. The molecule has 0 bridgehead atoms. The summed E-state index contributed by atoms with van der Waals surface area (Å²) in [6.45, 7) is 71.4. The average Bonchev–Trinajstić information content (AvgIpc) is 1.58. The molecule has 549 valence electrons. The molecule has 5 aromatic rings. The highest BCUT2D eigenvalue weighted by Crippen LogP contribution is 2.56. The number of ether oxygens (including phenoxy) is 3. The van der Waals surface area contributed by atoms with Crippen molar-refractivity contribution < 1.29 is 14.2 Å². The molecule has 12 heteroatoms. The lowest BCUT2D eigenvalue weighted by atomic mass is 10.1. The third-order valence-corrected chi connectivity index (χ3v) is 38.5. The summed E-state index contributed by atoms with van der Waals surface area (Å²) in [5, 5.41) is 0. The lowest BCUT2D eigenvalue weighted by molar-refractivity contribution is 0.0210. The second-order valence-corrected chi connectivity index (χ2v) is 73.8. The van der Waals surface area contributed by atoms with Crippen molar-refractivity contribution in [2.75, 3.05) is 18.7 Å². The molecule has 0 saturated heterocycles. The molecule has 0 amide bonds. The van der Waals surface area contributed by atoms with Crippen molar-refractivity contribution >= 4 is 102 Å². The predicted molar refractivity (Wildman–Crippen MR) is 466 cm³/mol. The number of fused-ring (bicyclic) bond motifs is 4. The maximum atomic E-state index is 7.19. The van der Waals surface area contributed by atoms with E-state index < -0.39 is 47.1 Å². The normalized spacial score (nSPS) is 19.4. The van der Waals surface area contributed by atoms with Crippen molar-refractivity contribution in [2.45, 2.75) is 285 Å². The summed E-state index contributed by atoms with van der Waals surface area (Å²) in [6, 6.07) is 42.8. The largest absolute Gasteiger partial charge is 0.379 e. The Morgan fingerprint density at radius 2 is 0.810 bits per heavy atom. The topological polar surface area (TPSA) is 27.7 Å². The third-order valence-electron chi connectivity index (χ3n) is 20.7. The first-order valence-electron chi connectivity index (χ1n) is 37.6. The van der Waals surface area contributed by atoms with Crippen molar-refractivity contribution in [1.29, 1.82) is 0 Å². The zero-order valence-corrected chi connectivity index (χ0v) is 77.3. The first-order valence-corrected chi connectivity index (χ1v) is 61.9. The average molecular weight is 1510 g/mol. The highest BCUT2D eigenvalue weighted by atomic mass is 35.6. The maximum absolute atomic E-state index is 7.19. The van der Waals surface area contributed by atoms with Crippen LogP contribution in [0.4, 0.5) is 0 Å². The summed E-state index contributed by atoms with van der Waals surface area (Å²) in [5.41, 5.74) is 31.4. The summed E-state index contributed by atoms with van der Waals surface area (Å²) in [7, 11) is -9.71. The van der Waals surface area contributed by atoms with E-state index in [9.17, 15) is 0 Å². The molecule has 100 heavy (non-hydrogen) atoms. The van der Waals surface area contributed by atoms with Gasteiger partial charge in [0.05, 0.1) is 29.3 Å². The number of rotatable bonds is 19. The smallest absolute Gasteiger partial charge is 0.190 e. The molecule has 0 aromatic heterocycles. The van der Waals surface area contributed by atoms with Gasteiger partial charge in [-0.05, 0) is 182 Å². The van der Waals surface area contributed by atoms with Crippen molar-refractivity contribution in [3.8, 4) is 0 Å². The van der Waals surface area contributed by atoms with Crippen LogP contribution in [0.25, 0.3) is 24.3 Å². The number of hydrogen-bond acceptors (Lipinski definition) is 3. The highest BCUT2D eigenvalue weighted by molar-refractivity contribution is 7.21. The van der Waals surface area contributed by atoms with Crippen LogP contribution in [0.1, 0.15) is 180 Å². The Bertz CT molecular complexity index is 3660. The first-order chi connectivity index (χ1) is 45.8. The van der Waals surface area contributed by atoms with E-state index in [-0.39, 0.29) is 25.6 Å². The van der Waals surface area contributed by atoms with Gasteiger partial charge in [0.15, 0.2) is 14.8 Å². The van der Waals surface area contributed by atoms with Gasteiger partial charge in [-0.1, -0.05) is 280 Å². The number of hydrogen-bond donors (Lipinski definition) is 0. The van der Waals surface area contributed by atoms with E-state index in [1.54, 1.807) is 39.0 Å². The third kappa shape index (κ3) is 24.1. The molecular formula is C88H136Cl2O3Si7-. The zero-order chi connectivity index (χ0) is 75.3. The van der Waals surface area contributed by atoms with Gasteiger partial charge in [-0.15, -0.1) is 0 Å². The summed E-state index contributed by atoms with van der Waals surface area (Å²) >= 11 is 14.4. The van der Waals surface area contributed by atoms with Crippen LogP contribution in [-0.2, 0) is 20.6 Å². The Morgan fingerprint density at radius 3 is 1.15 bits per heavy atom. The number of aryl methyl sites for hydroxylation is 2. The molecule has 5 aromatic carbocycles. The minimum absolute atomic E-state index is 0.114. The Morgan fingerprint density at radius 1 is 0.450 bits per heavy atom. The van der Waals surface area contributed by atoms with Gasteiger partial charge in [0.1, 0.15) is 8.07 Å². The van der Waals surface area contributed by atoms with E-state index in [2.05, 4.69) is 337 Å². The number of allylic oxidation sites excluding steroid dienone is 8. The van der Waals surface area contributed by atoms with Gasteiger partial charge >= 0.3 is 0 Å². The van der Waals surface area contributed by atoms with Crippen LogP contribution < -0.4 is 0 Å². The van der Waals surface area contributed by atoms with Gasteiger partial charge in [-0.25, -0.2) is 0 Å². The number of benzene rings is 4. The molecular weight excluding hydrogens is 1370 g/mol. The quantitative estimate of drug-likeness (QED) is 0.0468. The Balaban J connectivity index is 0.000000206. The fourth-order valence-electron chi connectivity index (χ4n) is 15.7. The molecule has 6 atom stereocenters. The molecule has 5 aliphatic rings. The summed E-state index contributed by atoms with van der Waals surface area (Å²) in [5.74, 6) is 0. The van der Waals surface area contributed by atoms with Crippen molar-refractivity contribution in [3.63, 3.8) is 0 Å². The fraction of sp³-hybridized carbons (Fsp3) is 0.534. The number of halogens is 2. The van der Waals surface area contributed by atoms with E-state index in [0.29, 0.717) is 34.6 Å². The van der Waals surface area contributed by atoms with E-state index in [1.807, 2.05) is 0 Å². The SMILES string of the molecule is CC(C)(C)OC[Si](C)(Cl)C1C(C[Si](C)(C)C)=Cc2ccccc21.CC(C)(C)OC[Si](C)(Cl)C1C(C[Si](C)(C)C)=Cc2ccccc21.CC1=C(C)C([Si](C)(COC(C)(C)C)C2C(CC[Si](C)C)=Cc3ccccc32)C(C)=C1C.C[Si](C)(C)CC1=Cc2ccccc2C1.Cc1c[c-](C)c(C)c1C. The van der Waals surface area contributed by atoms with Crippen molar-refractivity contribution in [3.05, 3.63) is 214 Å². The predicted octanol–water partition coefficient (Wildman–Crippen LogP) is 27.4. The molecule has 3 nitrogen and oxygen atoms in total. The lowest BCUT2D eigenvalue weighted by Crippen LogP contribution is -2.50. The second kappa shape index (κ2) is 34.0. The lowest BCUT2D eigenvalue weighted by Gasteiger charge is -2.44. The van der Waals surface area contributed by atoms with E-state index in [4.69, 9.17) is 36.4 Å². The van der Waals surface area contributed by atoms with Crippen LogP contribution >= 0.6 is 22.2 Å². The summed E-state index contributed by atoms with van der Waals surface area (Å²) in [6.07, 6.45) is 14.5. The molecule has 5 aliphatic carbocycles. The molecule has 0 aliphatic heterocycles. The summed E-state index contributed by atoms with van der Waals surface area (Å²) < 4.78 is 18.9. The van der Waals surface area contributed by atoms with E-state index in [0.717, 1.165) is 6.23 Å². The van der Waals surface area contributed by atoms with Crippen LogP contribution in [0.5, 0.6) is 0 Å². The Hall–Kier alpha value is -3.35. The monoisotopic (exact) mass is 1510 g/mol. The molecule has 0 spiro atoms. The highest BCUT2D eigenvalue weighted by Gasteiger charge is 2.52. The van der Waals surface area contributed by atoms with Crippen LogP contribution in [-0.4, -0.2) is 91.4 Å². The van der Waals surface area contributed by atoms with Crippen LogP contribution in [0.2, 0.25) is 121 Å². The fourth-order valence-corrected chi connectivity index (χ4v) is 34.8. The molecule has 1 radical (unpaired) electrons. The van der Waals surface area contributed by atoms with Gasteiger partial charge in [-0.3, -0.25) is 0 Å². The second-order valence-electron chi connectivity index (χ2n) is 38.0. The van der Waals surface area contributed by atoms with E-state index in [1.165, 1.54) is 109 Å². The van der Waals surface area contributed by atoms with Crippen molar-refractivity contribution in [2.24, 2.45) is 0 Å². The van der Waals surface area contributed by atoms with Gasteiger partial charge in [-0.2, -0.15) is 50.5 Å². The Kier molecular flexibility index (Phi) is 29.1. The zero-order valence-electron chi connectivity index (χ0n) is 68.8. The standard InChI is InChI=1S/C28H43OSi2.2C19H31ClOSi2.C13H18Si.C9H13/c1-19-20(2)22(4)26(21(19)3)31(10,18-29-28(5,6)7)27-24(15-16-30(8)9)17-23-13-11-12-14-25(23)27;2*1-19(2,3)21-14-23(7,20)18-16(13-22(4,5)6)12-15-10-8-9-11-17(15)18;1-14(2,3)10-11-8-12-6-4-5-7-13(12)9-11;1-6-5-7(2)9(4)8(6)3/h11-14,17,26-27H,15-16,18H2,1-10H3;2*8-12,18H,13-14H2,1-7H3;4-8H,9-10H2,1-3H3;5H,1-4H3/q;;;;-1. The van der Waals surface area contributed by atoms with Crippen LogP contribution in [0, 0.1) is 27.7 Å². The van der Waals surface area contributed by atoms with Crippen LogP contribution in [0.3, 0.4) is 0 Å². The first kappa shape index (κ1) is 85.6. The molecule has 10 rings (SSSR count). The Labute approximate surface area is 630 Å². The van der Waals surface area contributed by atoms with Gasteiger partial charge in [0.2, 0.25) is 0 Å². The minimum atomic E-state index is -2.09. The maximum Gasteiger partial charge on any atom is 0.190 e. The molecule has 0 saturated carbocycles. The molecule has 6 unspecified atom stereocenters. The van der Waals surface area contributed by atoms with Gasteiger partial charge in [0, 0.05) is 55.9 Å². The van der Waals surface area contributed by atoms with Crippen molar-refractivity contribution in [1.82, 2.24) is 0 Å². The van der Waals surface area contributed by atoms with Gasteiger partial charge in [0.25, 0.3) is 0 Å². The van der Waals surface area contributed by atoms with E-state index >= 15 is 0 Å². The molecule has 0 fully saturated rings.